The van der Waals surface area contributed by atoms with Crippen molar-refractivity contribution >= 4 is 17.4 Å². The van der Waals surface area contributed by atoms with Crippen molar-refractivity contribution in [3.63, 3.8) is 0 Å². The molecule has 1 fully saturated rings. The number of methoxy groups -OCH3 is 1. The van der Waals surface area contributed by atoms with E-state index in [4.69, 9.17) is 4.74 Å². The van der Waals surface area contributed by atoms with Crippen LogP contribution in [0, 0.1) is 11.6 Å². The maximum atomic E-state index is 14.6. The van der Waals surface area contributed by atoms with Crippen LogP contribution in [-0.2, 0) is 9.59 Å². The maximum absolute atomic E-state index is 14.6. The lowest BCUT2D eigenvalue weighted by atomic mass is 9.95. The van der Waals surface area contributed by atoms with Crippen molar-refractivity contribution in [1.29, 1.82) is 0 Å². The maximum Gasteiger partial charge on any atom is 0.295 e. The molecule has 1 N–H and O–H groups in total. The third kappa shape index (κ3) is 3.91. The zero-order valence-electron chi connectivity index (χ0n) is 16.9. The third-order valence-corrected chi connectivity index (χ3v) is 4.95. The number of aliphatic hydroxyl groups excluding tert-OH is 1. The number of ketones is 1. The molecule has 1 atom stereocenters. The van der Waals surface area contributed by atoms with Crippen molar-refractivity contribution in [2.75, 3.05) is 34.3 Å². The van der Waals surface area contributed by atoms with Gasteiger partial charge in [-0.25, -0.2) is 8.78 Å². The highest BCUT2D eigenvalue weighted by Crippen LogP contribution is 2.40. The first-order valence-electron chi connectivity index (χ1n) is 9.27. The largest absolute Gasteiger partial charge is 0.507 e. The number of halogens is 2. The van der Waals surface area contributed by atoms with Gasteiger partial charge in [0.25, 0.3) is 11.7 Å². The fourth-order valence-corrected chi connectivity index (χ4v) is 3.41. The first-order chi connectivity index (χ1) is 14.3. The summed E-state index contributed by atoms with van der Waals surface area (Å²) in [6.07, 6.45) is 0. The molecule has 3 rings (SSSR count). The van der Waals surface area contributed by atoms with Crippen molar-refractivity contribution in [2.45, 2.75) is 6.04 Å². The standard InChI is InChI=1S/C22H22F2N2O4/c1-25(2)10-11-26-19(14-6-4-5-7-15(14)23)18(21(28)22(26)29)20(27)13-8-9-17(30-3)16(24)12-13/h4-9,12,19,27H,10-11H2,1-3H3/t19-/m1/s1. The van der Waals surface area contributed by atoms with E-state index in [1.807, 2.05) is 4.90 Å². The molecule has 6 nitrogen and oxygen atoms in total. The van der Waals surface area contributed by atoms with Gasteiger partial charge in [0, 0.05) is 24.2 Å². The number of rotatable bonds is 6. The molecule has 0 spiro atoms. The molecular formula is C22H22F2N2O4. The van der Waals surface area contributed by atoms with Crippen molar-refractivity contribution in [1.82, 2.24) is 9.80 Å². The van der Waals surface area contributed by atoms with Crippen LogP contribution in [0.5, 0.6) is 5.75 Å². The Bertz CT molecular complexity index is 1020. The molecule has 2 aromatic rings. The van der Waals surface area contributed by atoms with E-state index in [0.29, 0.717) is 6.54 Å². The predicted octanol–water partition coefficient (Wildman–Crippen LogP) is 2.96. The Kier molecular flexibility index (Phi) is 6.17. The van der Waals surface area contributed by atoms with Crippen LogP contribution in [0.1, 0.15) is 17.2 Å². The number of benzene rings is 2. The average Bonchev–Trinajstić information content (AvgIpc) is 2.96. The van der Waals surface area contributed by atoms with Gasteiger partial charge < -0.3 is 19.6 Å². The van der Waals surface area contributed by atoms with Crippen molar-refractivity contribution in [2.24, 2.45) is 0 Å². The Labute approximate surface area is 173 Å². The molecule has 30 heavy (non-hydrogen) atoms. The molecule has 0 aromatic heterocycles. The predicted molar refractivity (Wildman–Crippen MR) is 107 cm³/mol. The number of carbonyl (C=O) groups excluding carboxylic acids is 2. The van der Waals surface area contributed by atoms with Gasteiger partial charge in [0.1, 0.15) is 11.6 Å². The Morgan fingerprint density at radius 1 is 1.13 bits per heavy atom. The van der Waals surface area contributed by atoms with Gasteiger partial charge in [0.15, 0.2) is 11.6 Å². The van der Waals surface area contributed by atoms with Crippen molar-refractivity contribution in [3.05, 3.63) is 70.8 Å². The summed E-state index contributed by atoms with van der Waals surface area (Å²) in [6, 6.07) is 8.27. The first-order valence-corrected chi connectivity index (χ1v) is 9.27. The Hall–Kier alpha value is -3.26. The van der Waals surface area contributed by atoms with Gasteiger partial charge in [0.2, 0.25) is 0 Å². The van der Waals surface area contributed by atoms with Gasteiger partial charge in [-0.15, -0.1) is 0 Å². The molecule has 1 amide bonds. The summed E-state index contributed by atoms with van der Waals surface area (Å²) in [5.41, 5.74) is -0.223. The second-order valence-corrected chi connectivity index (χ2v) is 7.17. The molecule has 8 heteroatoms. The lowest BCUT2D eigenvalue weighted by molar-refractivity contribution is -0.140. The molecule has 1 aliphatic heterocycles. The Morgan fingerprint density at radius 3 is 2.43 bits per heavy atom. The summed E-state index contributed by atoms with van der Waals surface area (Å²) in [6.45, 7) is 0.569. The quantitative estimate of drug-likeness (QED) is 0.446. The van der Waals surface area contributed by atoms with Crippen LogP contribution in [0.25, 0.3) is 5.76 Å². The highest BCUT2D eigenvalue weighted by molar-refractivity contribution is 6.46. The van der Waals surface area contributed by atoms with Gasteiger partial charge in [-0.2, -0.15) is 0 Å². The molecule has 1 aliphatic rings. The van der Waals surface area contributed by atoms with Gasteiger partial charge in [0.05, 0.1) is 18.7 Å². The molecule has 0 radical (unpaired) electrons. The van der Waals surface area contributed by atoms with E-state index in [1.54, 1.807) is 20.2 Å². The minimum atomic E-state index is -1.13. The lowest BCUT2D eigenvalue weighted by Gasteiger charge is -2.26. The minimum absolute atomic E-state index is 0.0137. The van der Waals surface area contributed by atoms with E-state index in [0.717, 1.165) is 6.07 Å². The van der Waals surface area contributed by atoms with Crippen LogP contribution in [0.3, 0.4) is 0 Å². The number of nitrogens with zero attached hydrogens (tertiary/aromatic N) is 2. The average molecular weight is 416 g/mol. The van der Waals surface area contributed by atoms with Crippen molar-refractivity contribution in [3.8, 4) is 5.75 Å². The molecule has 0 saturated carbocycles. The summed E-state index contributed by atoms with van der Waals surface area (Å²) in [4.78, 5) is 28.6. The summed E-state index contributed by atoms with van der Waals surface area (Å²) in [7, 11) is 4.90. The minimum Gasteiger partial charge on any atom is -0.507 e. The summed E-state index contributed by atoms with van der Waals surface area (Å²) >= 11 is 0. The van der Waals surface area contributed by atoms with Crippen LogP contribution >= 0.6 is 0 Å². The zero-order chi connectivity index (χ0) is 22.0. The van der Waals surface area contributed by atoms with E-state index in [-0.39, 0.29) is 29.0 Å². The monoisotopic (exact) mass is 416 g/mol. The summed E-state index contributed by atoms with van der Waals surface area (Å²) < 4.78 is 33.6. The number of hydrogen-bond acceptors (Lipinski definition) is 5. The van der Waals surface area contributed by atoms with Crippen LogP contribution in [0.4, 0.5) is 8.78 Å². The van der Waals surface area contributed by atoms with Gasteiger partial charge in [-0.3, -0.25) is 9.59 Å². The highest BCUT2D eigenvalue weighted by Gasteiger charge is 2.46. The number of hydrogen-bond donors (Lipinski definition) is 1. The smallest absolute Gasteiger partial charge is 0.295 e. The topological polar surface area (TPSA) is 70.1 Å². The molecule has 0 unspecified atom stereocenters. The molecule has 2 aromatic carbocycles. The lowest BCUT2D eigenvalue weighted by Crippen LogP contribution is -2.35. The third-order valence-electron chi connectivity index (χ3n) is 4.95. The summed E-state index contributed by atoms with van der Waals surface area (Å²) in [5, 5.41) is 10.9. The van der Waals surface area contributed by atoms with E-state index in [2.05, 4.69) is 0 Å². The van der Waals surface area contributed by atoms with Crippen LogP contribution < -0.4 is 4.74 Å². The molecule has 1 heterocycles. The van der Waals surface area contributed by atoms with E-state index in [9.17, 15) is 23.5 Å². The fourth-order valence-electron chi connectivity index (χ4n) is 3.41. The first kappa shape index (κ1) is 21.4. The number of carbonyl (C=O) groups is 2. The molecule has 158 valence electrons. The van der Waals surface area contributed by atoms with Crippen LogP contribution in [0.2, 0.25) is 0 Å². The number of aliphatic hydroxyl groups is 1. The second-order valence-electron chi connectivity index (χ2n) is 7.17. The number of amides is 1. The van der Waals surface area contributed by atoms with Crippen molar-refractivity contribution < 1.29 is 28.2 Å². The summed E-state index contributed by atoms with van der Waals surface area (Å²) in [5.74, 6) is -3.77. The van der Waals surface area contributed by atoms with E-state index < -0.39 is 35.1 Å². The highest BCUT2D eigenvalue weighted by atomic mass is 19.1. The van der Waals surface area contributed by atoms with Crippen LogP contribution in [0.15, 0.2) is 48.0 Å². The van der Waals surface area contributed by atoms with E-state index >= 15 is 0 Å². The zero-order valence-corrected chi connectivity index (χ0v) is 16.9. The second kappa shape index (κ2) is 8.62. The number of likely N-dealkylation sites (N-methyl/N-ethyl adjacent to an activating group) is 1. The normalized spacial score (nSPS) is 18.3. The van der Waals surface area contributed by atoms with Gasteiger partial charge in [-0.1, -0.05) is 18.2 Å². The van der Waals surface area contributed by atoms with Crippen LogP contribution in [-0.4, -0.2) is 60.9 Å². The molecule has 0 aliphatic carbocycles. The molecular weight excluding hydrogens is 394 g/mol. The number of likely N-dealkylation sites (tertiary alicyclic amines) is 1. The number of ether oxygens (including phenoxy) is 1. The van der Waals surface area contributed by atoms with Gasteiger partial charge >= 0.3 is 0 Å². The Balaban J connectivity index is 2.18. The fraction of sp³-hybridized carbons (Fsp3) is 0.273. The van der Waals surface area contributed by atoms with E-state index in [1.165, 1.54) is 42.3 Å². The van der Waals surface area contributed by atoms with Gasteiger partial charge in [-0.05, 0) is 38.4 Å². The molecule has 0 bridgehead atoms. The SMILES string of the molecule is COc1ccc(C(O)=C2C(=O)C(=O)N(CCN(C)C)[C@@H]2c2ccccc2F)cc1F. The number of Topliss-reactive ketones (excluding diaryl/α,β-unsaturated/α-hetero) is 1. The Morgan fingerprint density at radius 2 is 1.83 bits per heavy atom. The molecule has 1 saturated heterocycles.